The summed E-state index contributed by atoms with van der Waals surface area (Å²) in [7, 11) is 0. The largest absolute Gasteiger partial charge is 0.387 e. The first-order valence-corrected chi connectivity index (χ1v) is 11.6. The number of hydrogen-bond donors (Lipinski definition) is 6. The van der Waals surface area contributed by atoms with Crippen molar-refractivity contribution >= 4 is 34.8 Å². The molecule has 1 unspecified atom stereocenters. The third kappa shape index (κ3) is 7.22. The van der Waals surface area contributed by atoms with Crippen molar-refractivity contribution < 1.29 is 23.9 Å². The van der Waals surface area contributed by atoms with Gasteiger partial charge in [-0.2, -0.15) is 0 Å². The zero-order valence-corrected chi connectivity index (χ0v) is 19.9. The molecule has 0 bridgehead atoms. The number of halogens is 1. The molecule has 0 saturated heterocycles. The minimum Gasteiger partial charge on any atom is -0.387 e. The maximum absolute atomic E-state index is 14.1. The second-order valence-corrected chi connectivity index (χ2v) is 8.51. The number of nitrogens with one attached hydrogen (secondary N) is 5. The highest BCUT2D eigenvalue weighted by molar-refractivity contribution is 5.93. The Labute approximate surface area is 208 Å². The van der Waals surface area contributed by atoms with E-state index in [-0.39, 0.29) is 25.8 Å². The molecule has 9 nitrogen and oxygen atoms in total. The molecule has 0 aliphatic rings. The Morgan fingerprint density at radius 2 is 1.78 bits per heavy atom. The molecule has 2 aromatic carbocycles. The molecule has 6 N–H and O–H groups in total. The van der Waals surface area contributed by atoms with Crippen LogP contribution in [0.5, 0.6) is 0 Å². The molecule has 0 saturated carbocycles. The summed E-state index contributed by atoms with van der Waals surface area (Å²) in [5.41, 5.74) is 1.80. The molecule has 3 amide bonds. The number of aromatic amines is 1. The third-order valence-corrected chi connectivity index (χ3v) is 5.75. The monoisotopic (exact) mass is 495 g/mol. The molecule has 1 heterocycles. The highest BCUT2D eigenvalue weighted by Crippen LogP contribution is 2.22. The van der Waals surface area contributed by atoms with Crippen LogP contribution in [-0.2, 0) is 27.3 Å². The molecule has 3 rings (SSSR count). The van der Waals surface area contributed by atoms with E-state index in [1.54, 1.807) is 18.3 Å². The molecule has 190 valence electrons. The van der Waals surface area contributed by atoms with Gasteiger partial charge in [0.15, 0.2) is 0 Å². The number of carbonyl (C=O) groups is 3. The molecular weight excluding hydrogens is 465 g/mol. The van der Waals surface area contributed by atoms with Crippen LogP contribution in [0.1, 0.15) is 30.9 Å². The Balaban J connectivity index is 1.75. The topological polar surface area (TPSA) is 147 Å². The van der Waals surface area contributed by atoms with Crippen LogP contribution in [0.4, 0.5) is 4.39 Å². The van der Waals surface area contributed by atoms with Crippen LogP contribution in [0.3, 0.4) is 0 Å². The van der Waals surface area contributed by atoms with Gasteiger partial charge in [-0.05, 0) is 30.0 Å². The molecule has 36 heavy (non-hydrogen) atoms. The van der Waals surface area contributed by atoms with Crippen LogP contribution in [0.25, 0.3) is 10.9 Å². The summed E-state index contributed by atoms with van der Waals surface area (Å²) in [6, 6.07) is 11.8. The fraction of sp³-hybridized carbons (Fsp3) is 0.308. The standard InChI is InChI=1S/C26H30FN5O4/c1-16(33)31-23(12-18-15-29-24-20(18)8-5-9-21(24)27)26(36)32-22(11-10-19(34)13-28)25(35)30-14-17-6-3-2-4-7-17/h2-9,13,15,19,22-23,28-29,34H,10-12,14H2,1H3,(H,30,35)(H,31,33)(H,32,36)/t19?,22-,23-/m0/s1. The second-order valence-electron chi connectivity index (χ2n) is 8.51. The maximum atomic E-state index is 14.1. The molecular formula is C26H30FN5O4. The Morgan fingerprint density at radius 3 is 2.47 bits per heavy atom. The SMILES string of the molecule is CC(=O)N[C@@H](Cc1c[nH]c2c(F)cccc12)C(=O)N[C@@H](CCC(O)C=N)C(=O)NCc1ccccc1. The Hall–Kier alpha value is -4.05. The lowest BCUT2D eigenvalue weighted by atomic mass is 10.0. The van der Waals surface area contributed by atoms with Crippen LogP contribution in [-0.4, -0.2) is 52.2 Å². The Kier molecular flexibility index (Phi) is 9.29. The van der Waals surface area contributed by atoms with Gasteiger partial charge in [-0.1, -0.05) is 42.5 Å². The summed E-state index contributed by atoms with van der Waals surface area (Å²) in [4.78, 5) is 40.8. The minimum atomic E-state index is -1.06. The number of H-pyrrole nitrogens is 1. The quantitative estimate of drug-likeness (QED) is 0.213. The Morgan fingerprint density at radius 1 is 1.03 bits per heavy atom. The van der Waals surface area contributed by atoms with Crippen molar-refractivity contribution in [2.75, 3.05) is 0 Å². The van der Waals surface area contributed by atoms with E-state index in [1.165, 1.54) is 13.0 Å². The lowest BCUT2D eigenvalue weighted by Gasteiger charge is -2.23. The third-order valence-electron chi connectivity index (χ3n) is 5.75. The van der Waals surface area contributed by atoms with Gasteiger partial charge in [0.1, 0.15) is 17.9 Å². The molecule has 3 aromatic rings. The average Bonchev–Trinajstić information content (AvgIpc) is 3.28. The molecule has 0 radical (unpaired) electrons. The van der Waals surface area contributed by atoms with Crippen molar-refractivity contribution in [1.29, 1.82) is 5.41 Å². The van der Waals surface area contributed by atoms with E-state index in [4.69, 9.17) is 5.41 Å². The molecule has 0 aliphatic carbocycles. The van der Waals surface area contributed by atoms with Crippen LogP contribution in [0.15, 0.2) is 54.7 Å². The van der Waals surface area contributed by atoms with E-state index in [0.29, 0.717) is 16.5 Å². The van der Waals surface area contributed by atoms with Crippen molar-refractivity contribution in [3.05, 3.63) is 71.7 Å². The Bertz CT molecular complexity index is 1210. The number of para-hydroxylation sites is 1. The number of carbonyl (C=O) groups excluding carboxylic acids is 3. The van der Waals surface area contributed by atoms with E-state index < -0.39 is 41.7 Å². The first-order chi connectivity index (χ1) is 17.3. The van der Waals surface area contributed by atoms with Crippen LogP contribution >= 0.6 is 0 Å². The van der Waals surface area contributed by atoms with E-state index in [1.807, 2.05) is 30.3 Å². The van der Waals surface area contributed by atoms with Gasteiger partial charge >= 0.3 is 0 Å². The molecule has 0 spiro atoms. The lowest BCUT2D eigenvalue weighted by molar-refractivity contribution is -0.132. The van der Waals surface area contributed by atoms with E-state index in [0.717, 1.165) is 11.8 Å². The van der Waals surface area contributed by atoms with Crippen molar-refractivity contribution in [2.24, 2.45) is 0 Å². The second kappa shape index (κ2) is 12.6. The summed E-state index contributed by atoms with van der Waals surface area (Å²) < 4.78 is 14.1. The number of fused-ring (bicyclic) bond motifs is 1. The first kappa shape index (κ1) is 26.6. The number of rotatable bonds is 12. The highest BCUT2D eigenvalue weighted by atomic mass is 19.1. The van der Waals surface area contributed by atoms with Crippen molar-refractivity contribution in [2.45, 2.75) is 50.9 Å². The minimum absolute atomic E-state index is 0.0658. The van der Waals surface area contributed by atoms with Crippen molar-refractivity contribution in [3.63, 3.8) is 0 Å². The van der Waals surface area contributed by atoms with E-state index in [9.17, 15) is 23.9 Å². The zero-order chi connectivity index (χ0) is 26.1. The van der Waals surface area contributed by atoms with E-state index >= 15 is 0 Å². The smallest absolute Gasteiger partial charge is 0.243 e. The number of aliphatic hydroxyl groups is 1. The predicted octanol–water partition coefficient (Wildman–Crippen LogP) is 1.95. The number of benzene rings is 2. The summed E-state index contributed by atoms with van der Waals surface area (Å²) in [6.45, 7) is 1.52. The maximum Gasteiger partial charge on any atom is 0.243 e. The van der Waals surface area contributed by atoms with Gasteiger partial charge in [0.25, 0.3) is 0 Å². The normalized spacial score (nSPS) is 13.4. The fourth-order valence-corrected chi connectivity index (χ4v) is 3.89. The summed E-state index contributed by atoms with van der Waals surface area (Å²) in [5.74, 6) is -1.93. The summed E-state index contributed by atoms with van der Waals surface area (Å²) >= 11 is 0. The predicted molar refractivity (Wildman–Crippen MR) is 134 cm³/mol. The number of aliphatic hydroxyl groups excluding tert-OH is 1. The first-order valence-electron chi connectivity index (χ1n) is 11.6. The number of hydrogen-bond acceptors (Lipinski definition) is 5. The van der Waals surface area contributed by atoms with Gasteiger partial charge in [-0.25, -0.2) is 4.39 Å². The van der Waals surface area contributed by atoms with Gasteiger partial charge in [-0.15, -0.1) is 0 Å². The van der Waals surface area contributed by atoms with Gasteiger partial charge in [0.05, 0.1) is 11.6 Å². The van der Waals surface area contributed by atoms with Gasteiger partial charge in [-0.3, -0.25) is 14.4 Å². The lowest BCUT2D eigenvalue weighted by Crippen LogP contribution is -2.54. The molecule has 1 aromatic heterocycles. The highest BCUT2D eigenvalue weighted by Gasteiger charge is 2.27. The molecule has 10 heteroatoms. The summed E-state index contributed by atoms with van der Waals surface area (Å²) in [6.07, 6.45) is 1.61. The van der Waals surface area contributed by atoms with Gasteiger partial charge in [0.2, 0.25) is 17.7 Å². The van der Waals surface area contributed by atoms with Gasteiger partial charge in [0, 0.05) is 37.7 Å². The molecule has 0 fully saturated rings. The van der Waals surface area contributed by atoms with Crippen molar-refractivity contribution in [3.8, 4) is 0 Å². The number of amides is 3. The molecule has 3 atom stereocenters. The van der Waals surface area contributed by atoms with E-state index in [2.05, 4.69) is 20.9 Å². The molecule has 0 aliphatic heterocycles. The van der Waals surface area contributed by atoms with Gasteiger partial charge < -0.3 is 31.5 Å². The van der Waals surface area contributed by atoms with Crippen molar-refractivity contribution in [1.82, 2.24) is 20.9 Å². The summed E-state index contributed by atoms with van der Waals surface area (Å²) in [5, 5.41) is 25.6. The van der Waals surface area contributed by atoms with Crippen LogP contribution in [0.2, 0.25) is 0 Å². The van der Waals surface area contributed by atoms with Crippen LogP contribution in [0, 0.1) is 11.2 Å². The fourth-order valence-electron chi connectivity index (χ4n) is 3.89. The average molecular weight is 496 g/mol. The number of aromatic nitrogens is 1. The van der Waals surface area contributed by atoms with Crippen LogP contribution < -0.4 is 16.0 Å². The zero-order valence-electron chi connectivity index (χ0n) is 19.9.